The Morgan fingerprint density at radius 1 is 1.36 bits per heavy atom. The maximum absolute atomic E-state index is 10.6. The molecule has 5 N–H and O–H groups in total. The van der Waals surface area contributed by atoms with E-state index in [4.69, 9.17) is 15.9 Å². The van der Waals surface area contributed by atoms with E-state index in [0.29, 0.717) is 19.4 Å². The molecule has 0 unspecified atom stereocenters. The van der Waals surface area contributed by atoms with Gasteiger partial charge in [-0.1, -0.05) is 0 Å². The quantitative estimate of drug-likeness (QED) is 0.366. The molecule has 0 fully saturated rings. The lowest BCUT2D eigenvalue weighted by atomic mass is 10.2. The molecule has 0 radical (unpaired) electrons. The minimum Gasteiger partial charge on any atom is -0.480 e. The third-order valence-electron chi connectivity index (χ3n) is 1.68. The number of hydrogen-bond donors (Lipinski definition) is 4. The number of rotatable bonds is 8. The topological polar surface area (TPSA) is 113 Å². The van der Waals surface area contributed by atoms with Gasteiger partial charge in [0.05, 0.1) is 6.42 Å². The zero-order chi connectivity index (χ0) is 11.0. The number of nitrogens with two attached hydrogens (primary N) is 1. The molecule has 6 nitrogen and oxygen atoms in total. The summed E-state index contributed by atoms with van der Waals surface area (Å²) < 4.78 is 0. The standard InChI is InChI=1S/C8H16N2O4/c9-7(12)5-6(8(13)14)10-3-1-2-4-11/h6,10-11H,1-5H2,(H2,9,12)(H,13,14)/t6-/m0/s1. The summed E-state index contributed by atoms with van der Waals surface area (Å²) in [5.41, 5.74) is 4.88. The number of aliphatic hydroxyl groups is 1. The van der Waals surface area contributed by atoms with Crippen LogP contribution in [-0.2, 0) is 9.59 Å². The van der Waals surface area contributed by atoms with Crippen LogP contribution in [0, 0.1) is 0 Å². The van der Waals surface area contributed by atoms with Crippen molar-refractivity contribution in [1.29, 1.82) is 0 Å². The van der Waals surface area contributed by atoms with Crippen molar-refractivity contribution in [2.75, 3.05) is 13.2 Å². The second-order valence-electron chi connectivity index (χ2n) is 2.95. The molecule has 0 bridgehead atoms. The van der Waals surface area contributed by atoms with Crippen molar-refractivity contribution in [3.63, 3.8) is 0 Å². The Bertz CT molecular complexity index is 196. The van der Waals surface area contributed by atoms with Crippen molar-refractivity contribution in [2.45, 2.75) is 25.3 Å². The van der Waals surface area contributed by atoms with E-state index in [9.17, 15) is 9.59 Å². The third kappa shape index (κ3) is 6.38. The molecule has 14 heavy (non-hydrogen) atoms. The number of carbonyl (C=O) groups is 2. The number of aliphatic hydroxyl groups excluding tert-OH is 1. The molecule has 82 valence electrons. The Kier molecular flexibility index (Phi) is 6.69. The van der Waals surface area contributed by atoms with E-state index in [1.165, 1.54) is 0 Å². The smallest absolute Gasteiger partial charge is 0.321 e. The zero-order valence-electron chi connectivity index (χ0n) is 7.90. The van der Waals surface area contributed by atoms with Crippen LogP contribution in [0.15, 0.2) is 0 Å². The van der Waals surface area contributed by atoms with Crippen LogP contribution >= 0.6 is 0 Å². The van der Waals surface area contributed by atoms with Crippen molar-refractivity contribution < 1.29 is 19.8 Å². The molecule has 0 heterocycles. The highest BCUT2D eigenvalue weighted by molar-refractivity contribution is 5.83. The molecule has 6 heteroatoms. The highest BCUT2D eigenvalue weighted by Crippen LogP contribution is 1.93. The van der Waals surface area contributed by atoms with Gasteiger partial charge in [-0.3, -0.25) is 9.59 Å². The van der Waals surface area contributed by atoms with Crippen LogP contribution in [0.5, 0.6) is 0 Å². The molecule has 0 aliphatic heterocycles. The fourth-order valence-corrected chi connectivity index (χ4v) is 0.961. The minimum atomic E-state index is -1.09. The SMILES string of the molecule is NC(=O)C[C@H](NCCCCO)C(=O)O. The first-order valence-corrected chi connectivity index (χ1v) is 4.43. The molecule has 0 saturated carbocycles. The number of nitrogens with one attached hydrogen (secondary N) is 1. The van der Waals surface area contributed by atoms with E-state index in [2.05, 4.69) is 5.32 Å². The summed E-state index contributed by atoms with van der Waals surface area (Å²) in [7, 11) is 0. The lowest BCUT2D eigenvalue weighted by Crippen LogP contribution is -2.40. The molecule has 0 rings (SSSR count). The van der Waals surface area contributed by atoms with Gasteiger partial charge in [-0.15, -0.1) is 0 Å². The average Bonchev–Trinajstić information content (AvgIpc) is 2.09. The lowest BCUT2D eigenvalue weighted by Gasteiger charge is -2.11. The number of unbranched alkanes of at least 4 members (excludes halogenated alkanes) is 1. The number of carboxylic acid groups (broad SMARTS) is 1. The summed E-state index contributed by atoms with van der Waals surface area (Å²) in [5.74, 6) is -1.74. The van der Waals surface area contributed by atoms with Gasteiger partial charge in [0.15, 0.2) is 0 Å². The first-order valence-electron chi connectivity index (χ1n) is 4.43. The van der Waals surface area contributed by atoms with Gasteiger partial charge < -0.3 is 21.3 Å². The fraction of sp³-hybridized carbons (Fsp3) is 0.750. The van der Waals surface area contributed by atoms with E-state index in [1.807, 2.05) is 0 Å². The number of carbonyl (C=O) groups excluding carboxylic acids is 1. The van der Waals surface area contributed by atoms with Gasteiger partial charge in [-0.2, -0.15) is 0 Å². The first kappa shape index (κ1) is 12.9. The Hall–Kier alpha value is -1.14. The van der Waals surface area contributed by atoms with Crippen molar-refractivity contribution in [3.05, 3.63) is 0 Å². The molecule has 1 amide bonds. The van der Waals surface area contributed by atoms with Crippen molar-refractivity contribution in [3.8, 4) is 0 Å². The third-order valence-corrected chi connectivity index (χ3v) is 1.68. The molecule has 0 aliphatic carbocycles. The minimum absolute atomic E-state index is 0.0786. The van der Waals surface area contributed by atoms with Crippen molar-refractivity contribution in [2.24, 2.45) is 5.73 Å². The summed E-state index contributed by atoms with van der Waals surface area (Å²) in [6.45, 7) is 0.528. The average molecular weight is 204 g/mol. The molecule has 1 atom stereocenters. The van der Waals surface area contributed by atoms with Crippen LogP contribution in [0.2, 0.25) is 0 Å². The molecular formula is C8H16N2O4. The van der Waals surface area contributed by atoms with E-state index in [0.717, 1.165) is 0 Å². The van der Waals surface area contributed by atoms with Crippen molar-refractivity contribution in [1.82, 2.24) is 5.32 Å². The maximum Gasteiger partial charge on any atom is 0.321 e. The van der Waals surface area contributed by atoms with Gasteiger partial charge in [0, 0.05) is 6.61 Å². The van der Waals surface area contributed by atoms with Gasteiger partial charge in [0.25, 0.3) is 0 Å². The van der Waals surface area contributed by atoms with Gasteiger partial charge in [0.1, 0.15) is 6.04 Å². The van der Waals surface area contributed by atoms with Crippen LogP contribution in [0.25, 0.3) is 0 Å². The molecule has 0 spiro atoms. The van der Waals surface area contributed by atoms with Crippen LogP contribution in [0.1, 0.15) is 19.3 Å². The van der Waals surface area contributed by atoms with E-state index in [1.54, 1.807) is 0 Å². The molecule has 0 aromatic carbocycles. The summed E-state index contributed by atoms with van der Waals surface area (Å²) in [6, 6.07) is -0.925. The van der Waals surface area contributed by atoms with Crippen LogP contribution < -0.4 is 11.1 Å². The van der Waals surface area contributed by atoms with Crippen LogP contribution in [-0.4, -0.2) is 41.3 Å². The Labute approximate surface area is 82.1 Å². The largest absolute Gasteiger partial charge is 0.480 e. The number of hydrogen-bond acceptors (Lipinski definition) is 4. The molecule has 0 aliphatic rings. The number of primary amides is 1. The van der Waals surface area contributed by atoms with Crippen molar-refractivity contribution >= 4 is 11.9 Å². The molecular weight excluding hydrogens is 188 g/mol. The van der Waals surface area contributed by atoms with Gasteiger partial charge >= 0.3 is 5.97 Å². The van der Waals surface area contributed by atoms with Crippen LogP contribution in [0.3, 0.4) is 0 Å². The normalized spacial score (nSPS) is 12.4. The Balaban J connectivity index is 3.74. The van der Waals surface area contributed by atoms with E-state index < -0.39 is 17.9 Å². The summed E-state index contributed by atoms with van der Waals surface area (Å²) in [5, 5.41) is 19.8. The van der Waals surface area contributed by atoms with Crippen LogP contribution in [0.4, 0.5) is 0 Å². The number of amides is 1. The molecule has 0 aromatic rings. The first-order chi connectivity index (χ1) is 6.57. The van der Waals surface area contributed by atoms with E-state index in [-0.39, 0.29) is 13.0 Å². The highest BCUT2D eigenvalue weighted by Gasteiger charge is 2.18. The van der Waals surface area contributed by atoms with Gasteiger partial charge in [0.2, 0.25) is 5.91 Å². The second-order valence-corrected chi connectivity index (χ2v) is 2.95. The van der Waals surface area contributed by atoms with Gasteiger partial charge in [-0.25, -0.2) is 0 Å². The molecule has 0 saturated heterocycles. The summed E-state index contributed by atoms with van der Waals surface area (Å²) >= 11 is 0. The van der Waals surface area contributed by atoms with E-state index >= 15 is 0 Å². The predicted octanol–water partition coefficient (Wildman–Crippen LogP) is -1.32. The molecule has 0 aromatic heterocycles. The number of aliphatic carboxylic acids is 1. The summed E-state index contributed by atoms with van der Waals surface area (Å²) in [6.07, 6.45) is 1.06. The Morgan fingerprint density at radius 2 is 2.00 bits per heavy atom. The number of carboxylic acids is 1. The maximum atomic E-state index is 10.6. The Morgan fingerprint density at radius 3 is 2.43 bits per heavy atom. The highest BCUT2D eigenvalue weighted by atomic mass is 16.4. The van der Waals surface area contributed by atoms with Gasteiger partial charge in [-0.05, 0) is 19.4 Å². The zero-order valence-corrected chi connectivity index (χ0v) is 7.90. The lowest BCUT2D eigenvalue weighted by molar-refractivity contribution is -0.141. The summed E-state index contributed by atoms with van der Waals surface area (Å²) in [4.78, 5) is 21.1. The predicted molar refractivity (Wildman–Crippen MR) is 49.6 cm³/mol. The fourth-order valence-electron chi connectivity index (χ4n) is 0.961. The second kappa shape index (κ2) is 7.28. The monoisotopic (exact) mass is 204 g/mol.